The molecule has 0 unspecified atom stereocenters. The van der Waals surface area contributed by atoms with Gasteiger partial charge in [0.1, 0.15) is 35.6 Å². The fourth-order valence-corrected chi connectivity index (χ4v) is 2.80. The van der Waals surface area contributed by atoms with E-state index in [1.54, 1.807) is 6.07 Å². The van der Waals surface area contributed by atoms with Crippen LogP contribution in [0, 0.1) is 6.92 Å². The van der Waals surface area contributed by atoms with Crippen molar-refractivity contribution in [2.45, 2.75) is 19.6 Å². The Balaban J connectivity index is 1.35. The molecule has 0 aliphatic carbocycles. The minimum atomic E-state index is -4.60. The van der Waals surface area contributed by atoms with Crippen molar-refractivity contribution >= 4 is 29.3 Å². The van der Waals surface area contributed by atoms with Crippen LogP contribution in [0.3, 0.4) is 0 Å². The Morgan fingerprint density at radius 3 is 2.57 bits per heavy atom. The van der Waals surface area contributed by atoms with Crippen LogP contribution >= 0.6 is 0 Å². The van der Waals surface area contributed by atoms with Gasteiger partial charge in [0, 0.05) is 24.4 Å². The molecule has 4 rings (SSSR count). The minimum Gasteiger partial charge on any atom is -0.363 e. The summed E-state index contributed by atoms with van der Waals surface area (Å²) >= 11 is 0. The molecule has 15 heteroatoms. The van der Waals surface area contributed by atoms with Crippen LogP contribution in [0.25, 0.3) is 0 Å². The lowest BCUT2D eigenvalue weighted by Crippen LogP contribution is -2.24. The normalized spacial score (nSPS) is 11.2. The van der Waals surface area contributed by atoms with E-state index in [9.17, 15) is 22.8 Å². The van der Waals surface area contributed by atoms with Crippen molar-refractivity contribution in [3.63, 3.8) is 0 Å². The zero-order valence-corrected chi connectivity index (χ0v) is 17.8. The topological polar surface area (TPSA) is 161 Å². The van der Waals surface area contributed by atoms with Crippen molar-refractivity contribution in [2.75, 3.05) is 10.6 Å². The molecule has 4 heterocycles. The van der Waals surface area contributed by atoms with E-state index < -0.39 is 23.6 Å². The molecule has 0 radical (unpaired) electrons. The largest absolute Gasteiger partial charge is 0.416 e. The van der Waals surface area contributed by atoms with E-state index in [0.29, 0.717) is 11.6 Å². The molecule has 0 aromatic carbocycles. The third kappa shape index (κ3) is 5.76. The number of aryl methyl sites for hydroxylation is 1. The van der Waals surface area contributed by atoms with Crippen LogP contribution in [0.1, 0.15) is 37.9 Å². The van der Waals surface area contributed by atoms with Gasteiger partial charge in [0.2, 0.25) is 5.76 Å². The second-order valence-corrected chi connectivity index (χ2v) is 7.00. The summed E-state index contributed by atoms with van der Waals surface area (Å²) < 4.78 is 48.8. The van der Waals surface area contributed by atoms with Crippen LogP contribution in [0.5, 0.6) is 0 Å². The fraction of sp³-hybridized carbons (Fsp3) is 0.150. The van der Waals surface area contributed by atoms with Crippen LogP contribution in [0.4, 0.5) is 30.6 Å². The highest BCUT2D eigenvalue weighted by atomic mass is 19.4. The molecule has 0 atom stereocenters. The molecule has 0 spiro atoms. The van der Waals surface area contributed by atoms with Crippen molar-refractivity contribution in [3.8, 4) is 0 Å². The average Bonchev–Trinajstić information content (AvgIpc) is 3.50. The van der Waals surface area contributed by atoms with E-state index >= 15 is 0 Å². The molecule has 2 amide bonds. The first-order valence-corrected chi connectivity index (χ1v) is 9.77. The molecule has 0 aliphatic rings. The third-order valence-electron chi connectivity index (χ3n) is 4.46. The van der Waals surface area contributed by atoms with Crippen LogP contribution in [0.15, 0.2) is 52.1 Å². The molecule has 0 bridgehead atoms. The van der Waals surface area contributed by atoms with Crippen LogP contribution in [-0.2, 0) is 12.7 Å². The summed E-state index contributed by atoms with van der Waals surface area (Å²) in [6, 6.07) is 4.89. The van der Waals surface area contributed by atoms with E-state index in [1.807, 2.05) is 0 Å². The Morgan fingerprint density at radius 1 is 1.00 bits per heavy atom. The second kappa shape index (κ2) is 9.58. The standard InChI is InChI=1S/C20H15F3N8O4/c1-10-7-24-16(5-12(10)20(21,22)23)29-19(33)14-4-11(30-35-14)8-25-18(32)13-6-17(27-9-26-13)28-15-2-3-34-31-15/h2-7,9H,8H2,1H3,(H,25,32)(H,24,29,33)(H,26,27,28,31). The van der Waals surface area contributed by atoms with Crippen molar-refractivity contribution in [1.29, 1.82) is 0 Å². The van der Waals surface area contributed by atoms with Gasteiger partial charge >= 0.3 is 6.18 Å². The van der Waals surface area contributed by atoms with Crippen molar-refractivity contribution < 1.29 is 31.8 Å². The van der Waals surface area contributed by atoms with Gasteiger partial charge < -0.3 is 25.0 Å². The first kappa shape index (κ1) is 23.3. The number of nitrogens with one attached hydrogen (secondary N) is 3. The first-order valence-electron chi connectivity index (χ1n) is 9.77. The Morgan fingerprint density at radius 2 is 1.83 bits per heavy atom. The molecule has 180 valence electrons. The molecule has 12 nitrogen and oxygen atoms in total. The fourth-order valence-electron chi connectivity index (χ4n) is 2.80. The molecule has 0 fully saturated rings. The maximum absolute atomic E-state index is 13.1. The summed E-state index contributed by atoms with van der Waals surface area (Å²) in [7, 11) is 0. The number of nitrogens with zero attached hydrogens (tertiary/aromatic N) is 5. The van der Waals surface area contributed by atoms with Gasteiger partial charge in [-0.05, 0) is 18.6 Å². The number of halogens is 3. The number of hydrogen-bond donors (Lipinski definition) is 3. The maximum atomic E-state index is 13.1. The predicted molar refractivity (Wildman–Crippen MR) is 111 cm³/mol. The summed E-state index contributed by atoms with van der Waals surface area (Å²) in [5, 5.41) is 14.9. The van der Waals surface area contributed by atoms with Crippen molar-refractivity contribution in [1.82, 2.24) is 30.6 Å². The molecule has 0 saturated heterocycles. The summed E-state index contributed by atoms with van der Waals surface area (Å²) in [4.78, 5) is 36.3. The SMILES string of the molecule is Cc1cnc(NC(=O)c2cc(CNC(=O)c3cc(Nc4ccon4)ncn3)no2)cc1C(F)(F)F. The molecular formula is C20H15F3N8O4. The Hall–Kier alpha value is -4.82. The zero-order chi connectivity index (χ0) is 25.0. The van der Waals surface area contributed by atoms with Gasteiger partial charge in [0.15, 0.2) is 5.82 Å². The molecular weight excluding hydrogens is 473 g/mol. The Labute approximate surface area is 193 Å². The second-order valence-electron chi connectivity index (χ2n) is 7.00. The number of alkyl halides is 3. The minimum absolute atomic E-state index is 0.0402. The van der Waals surface area contributed by atoms with E-state index in [4.69, 9.17) is 9.05 Å². The summed E-state index contributed by atoms with van der Waals surface area (Å²) in [5.74, 6) is -1.33. The van der Waals surface area contributed by atoms with E-state index in [1.165, 1.54) is 31.6 Å². The molecule has 0 aliphatic heterocycles. The predicted octanol–water partition coefficient (Wildman–Crippen LogP) is 3.10. The molecule has 3 N–H and O–H groups in total. The highest BCUT2D eigenvalue weighted by molar-refractivity contribution is 6.01. The molecule has 4 aromatic rings. The van der Waals surface area contributed by atoms with Gasteiger partial charge in [-0.1, -0.05) is 10.3 Å². The Kier molecular flexibility index (Phi) is 6.39. The van der Waals surface area contributed by atoms with Crippen LogP contribution in [-0.4, -0.2) is 37.1 Å². The highest BCUT2D eigenvalue weighted by Crippen LogP contribution is 2.32. The Bertz CT molecular complexity index is 1350. The summed E-state index contributed by atoms with van der Waals surface area (Å²) in [6.07, 6.45) is -1.06. The maximum Gasteiger partial charge on any atom is 0.416 e. The highest BCUT2D eigenvalue weighted by Gasteiger charge is 2.33. The molecule has 35 heavy (non-hydrogen) atoms. The number of carbonyl (C=O) groups is 2. The van der Waals surface area contributed by atoms with Gasteiger partial charge in [0.25, 0.3) is 11.8 Å². The lowest BCUT2D eigenvalue weighted by atomic mass is 10.1. The summed E-state index contributed by atoms with van der Waals surface area (Å²) in [5.41, 5.74) is -0.782. The number of aromatic nitrogens is 5. The number of amides is 2. The van der Waals surface area contributed by atoms with Gasteiger partial charge in [-0.3, -0.25) is 9.59 Å². The monoisotopic (exact) mass is 488 g/mol. The molecule has 4 aromatic heterocycles. The van der Waals surface area contributed by atoms with Gasteiger partial charge in [-0.25, -0.2) is 15.0 Å². The number of pyridine rings is 1. The quantitative estimate of drug-likeness (QED) is 0.352. The number of hydrogen-bond acceptors (Lipinski definition) is 10. The zero-order valence-electron chi connectivity index (χ0n) is 17.8. The van der Waals surface area contributed by atoms with E-state index in [-0.39, 0.29) is 35.1 Å². The van der Waals surface area contributed by atoms with E-state index in [2.05, 4.69) is 41.2 Å². The van der Waals surface area contributed by atoms with Crippen LogP contribution < -0.4 is 16.0 Å². The van der Waals surface area contributed by atoms with Gasteiger partial charge in [-0.15, -0.1) is 0 Å². The lowest BCUT2D eigenvalue weighted by Gasteiger charge is -2.11. The molecule has 0 saturated carbocycles. The number of anilines is 3. The first-order chi connectivity index (χ1) is 16.7. The van der Waals surface area contributed by atoms with Gasteiger partial charge in [0.05, 0.1) is 12.1 Å². The van der Waals surface area contributed by atoms with Crippen LogP contribution in [0.2, 0.25) is 0 Å². The van der Waals surface area contributed by atoms with E-state index in [0.717, 1.165) is 12.3 Å². The van der Waals surface area contributed by atoms with Crippen molar-refractivity contribution in [2.24, 2.45) is 0 Å². The smallest absolute Gasteiger partial charge is 0.363 e. The lowest BCUT2D eigenvalue weighted by molar-refractivity contribution is -0.138. The number of rotatable bonds is 7. The average molecular weight is 488 g/mol. The summed E-state index contributed by atoms with van der Waals surface area (Å²) in [6.45, 7) is 1.14. The van der Waals surface area contributed by atoms with Gasteiger partial charge in [-0.2, -0.15) is 13.2 Å². The van der Waals surface area contributed by atoms with Crippen molar-refractivity contribution in [3.05, 3.63) is 71.3 Å². The third-order valence-corrected chi connectivity index (χ3v) is 4.46. The number of carbonyl (C=O) groups excluding carboxylic acids is 2.